The third-order valence-corrected chi connectivity index (χ3v) is 7.48. The van der Waals surface area contributed by atoms with Crippen molar-refractivity contribution in [2.45, 2.75) is 76.2 Å². The molecular formula is C30H40ClNO4. The van der Waals surface area contributed by atoms with Gasteiger partial charge in [0, 0.05) is 24.8 Å². The fourth-order valence-corrected chi connectivity index (χ4v) is 5.69. The first-order chi connectivity index (χ1) is 17.1. The van der Waals surface area contributed by atoms with E-state index in [4.69, 9.17) is 9.84 Å². The zero-order valence-electron chi connectivity index (χ0n) is 21.0. The van der Waals surface area contributed by atoms with Crippen LogP contribution in [0.1, 0.15) is 56.9 Å². The molecule has 4 atom stereocenters. The zero-order chi connectivity index (χ0) is 24.5. The van der Waals surface area contributed by atoms with E-state index in [-0.39, 0.29) is 43.0 Å². The summed E-state index contributed by atoms with van der Waals surface area (Å²) in [6, 6.07) is 19.1. The molecule has 0 radical (unpaired) electrons. The summed E-state index contributed by atoms with van der Waals surface area (Å²) in [7, 11) is 0. The van der Waals surface area contributed by atoms with E-state index >= 15 is 0 Å². The topological polar surface area (TPSA) is 70.0 Å². The molecule has 2 fully saturated rings. The van der Waals surface area contributed by atoms with E-state index in [1.54, 1.807) is 0 Å². The maximum Gasteiger partial charge on any atom is 0.303 e. The van der Waals surface area contributed by atoms with Crippen LogP contribution in [-0.2, 0) is 16.1 Å². The number of piperidine rings is 1. The fourth-order valence-electron chi connectivity index (χ4n) is 5.69. The summed E-state index contributed by atoms with van der Waals surface area (Å²) >= 11 is 0. The highest BCUT2D eigenvalue weighted by atomic mass is 35.5. The van der Waals surface area contributed by atoms with Crippen LogP contribution >= 0.6 is 12.4 Å². The highest BCUT2D eigenvalue weighted by molar-refractivity contribution is 5.85. The Bertz CT molecular complexity index is 943. The van der Waals surface area contributed by atoms with Gasteiger partial charge in [0.2, 0.25) is 0 Å². The first-order valence-electron chi connectivity index (χ1n) is 13.2. The number of aliphatic hydroxyl groups is 1. The minimum atomic E-state index is -0.760. The molecule has 6 heteroatoms. The molecule has 5 nitrogen and oxygen atoms in total. The number of rotatable bonds is 11. The molecule has 36 heavy (non-hydrogen) atoms. The zero-order valence-corrected chi connectivity index (χ0v) is 21.8. The Morgan fingerprint density at radius 1 is 0.944 bits per heavy atom. The largest absolute Gasteiger partial charge is 0.481 e. The third kappa shape index (κ3) is 7.91. The quantitative estimate of drug-likeness (QED) is 0.355. The average molecular weight is 514 g/mol. The summed E-state index contributed by atoms with van der Waals surface area (Å²) in [4.78, 5) is 13.2. The number of likely N-dealkylation sites (tertiary alicyclic amines) is 1. The van der Waals surface area contributed by atoms with Gasteiger partial charge >= 0.3 is 5.97 Å². The monoisotopic (exact) mass is 513 g/mol. The number of carboxylic acids is 1. The van der Waals surface area contributed by atoms with E-state index in [1.807, 2.05) is 12.1 Å². The SMILES string of the molecule is Cl.O=C(O)CCC=CCCC1C(OCc2ccc(-c3ccccc3)cc2)CC(O)C1N1CCCCC1. The Morgan fingerprint density at radius 3 is 2.31 bits per heavy atom. The second kappa shape index (κ2) is 14.5. The van der Waals surface area contributed by atoms with Crippen molar-refractivity contribution in [3.8, 4) is 11.1 Å². The van der Waals surface area contributed by atoms with Gasteiger partial charge in [-0.2, -0.15) is 0 Å². The van der Waals surface area contributed by atoms with Crippen LogP contribution in [0.3, 0.4) is 0 Å². The van der Waals surface area contributed by atoms with Gasteiger partial charge in [-0.15, -0.1) is 12.4 Å². The van der Waals surface area contributed by atoms with E-state index in [1.165, 1.54) is 30.4 Å². The van der Waals surface area contributed by atoms with Crippen molar-refractivity contribution in [2.75, 3.05) is 13.1 Å². The number of hydrogen-bond donors (Lipinski definition) is 2. The second-order valence-corrected chi connectivity index (χ2v) is 9.95. The predicted molar refractivity (Wildman–Crippen MR) is 146 cm³/mol. The van der Waals surface area contributed by atoms with Crippen LogP contribution in [0.5, 0.6) is 0 Å². The van der Waals surface area contributed by atoms with Gasteiger partial charge in [0.15, 0.2) is 0 Å². The Balaban J connectivity index is 0.00000361. The van der Waals surface area contributed by atoms with Crippen LogP contribution in [0.15, 0.2) is 66.7 Å². The Kier molecular flexibility index (Phi) is 11.5. The van der Waals surface area contributed by atoms with Crippen molar-refractivity contribution in [1.29, 1.82) is 0 Å². The van der Waals surface area contributed by atoms with Crippen molar-refractivity contribution in [1.82, 2.24) is 4.90 Å². The van der Waals surface area contributed by atoms with Crippen molar-refractivity contribution in [3.05, 3.63) is 72.3 Å². The predicted octanol–water partition coefficient (Wildman–Crippen LogP) is 6.10. The molecule has 4 unspecified atom stereocenters. The molecule has 0 bridgehead atoms. The number of aliphatic carboxylic acids is 1. The van der Waals surface area contributed by atoms with E-state index in [0.717, 1.165) is 31.5 Å². The van der Waals surface area contributed by atoms with Gasteiger partial charge in [-0.1, -0.05) is 73.2 Å². The minimum Gasteiger partial charge on any atom is -0.481 e. The van der Waals surface area contributed by atoms with E-state index < -0.39 is 5.97 Å². The molecule has 0 spiro atoms. The summed E-state index contributed by atoms with van der Waals surface area (Å²) in [5, 5.41) is 19.9. The smallest absolute Gasteiger partial charge is 0.303 e. The van der Waals surface area contributed by atoms with E-state index in [9.17, 15) is 9.90 Å². The average Bonchev–Trinajstić information content (AvgIpc) is 3.20. The molecule has 1 saturated heterocycles. The van der Waals surface area contributed by atoms with Gasteiger partial charge in [0.25, 0.3) is 0 Å². The highest BCUT2D eigenvalue weighted by Crippen LogP contribution is 2.38. The number of ether oxygens (including phenoxy) is 1. The molecule has 0 aromatic heterocycles. The Morgan fingerprint density at radius 2 is 1.61 bits per heavy atom. The normalized spacial score (nSPS) is 24.6. The van der Waals surface area contributed by atoms with Crippen molar-refractivity contribution in [3.63, 3.8) is 0 Å². The lowest BCUT2D eigenvalue weighted by molar-refractivity contribution is -0.136. The maximum atomic E-state index is 11.0. The lowest BCUT2D eigenvalue weighted by Gasteiger charge is -2.38. The van der Waals surface area contributed by atoms with Crippen LogP contribution < -0.4 is 0 Å². The van der Waals surface area contributed by atoms with Crippen LogP contribution in [-0.4, -0.2) is 52.4 Å². The molecule has 4 rings (SSSR count). The molecule has 1 aliphatic heterocycles. The number of carboxylic acid groups (broad SMARTS) is 1. The summed E-state index contributed by atoms with van der Waals surface area (Å²) in [5.41, 5.74) is 3.55. The Hall–Kier alpha value is -2.18. The van der Waals surface area contributed by atoms with Crippen LogP contribution in [0.25, 0.3) is 11.1 Å². The summed E-state index contributed by atoms with van der Waals surface area (Å²) in [6.45, 7) is 2.66. The summed E-state index contributed by atoms with van der Waals surface area (Å²) in [5.74, 6) is -0.486. The lowest BCUT2D eigenvalue weighted by atomic mass is 9.92. The maximum absolute atomic E-state index is 11.0. The van der Waals surface area contributed by atoms with Gasteiger partial charge in [0.1, 0.15) is 0 Å². The van der Waals surface area contributed by atoms with Crippen LogP contribution in [0.4, 0.5) is 0 Å². The van der Waals surface area contributed by atoms with Crippen molar-refractivity contribution < 1.29 is 19.7 Å². The molecule has 2 aromatic carbocycles. The second-order valence-electron chi connectivity index (χ2n) is 9.95. The van der Waals surface area contributed by atoms with Crippen molar-refractivity contribution >= 4 is 18.4 Å². The summed E-state index contributed by atoms with van der Waals surface area (Å²) < 4.78 is 6.46. The van der Waals surface area contributed by atoms with Gasteiger partial charge in [0.05, 0.1) is 18.8 Å². The molecule has 1 saturated carbocycles. The van der Waals surface area contributed by atoms with E-state index in [0.29, 0.717) is 19.4 Å². The number of benzene rings is 2. The number of hydrogen-bond acceptors (Lipinski definition) is 4. The van der Waals surface area contributed by atoms with Crippen LogP contribution in [0, 0.1) is 5.92 Å². The molecule has 1 aliphatic carbocycles. The van der Waals surface area contributed by atoms with Crippen LogP contribution in [0.2, 0.25) is 0 Å². The number of nitrogens with zero attached hydrogens (tertiary/aromatic N) is 1. The molecular weight excluding hydrogens is 474 g/mol. The van der Waals surface area contributed by atoms with Gasteiger partial charge in [-0.3, -0.25) is 9.69 Å². The standard InChI is InChI=1S/C30H39NO4.ClH/c32-27-21-28(35-22-23-15-17-25(18-16-23)24-11-5-3-6-12-24)26(13-7-1-2-8-14-29(33)34)30(27)31-19-9-4-10-20-31;/h1-3,5-6,11-12,15-18,26-28,30,32H,4,7-10,13-14,19-22H2,(H,33,34);1H. The molecule has 196 valence electrons. The third-order valence-electron chi connectivity index (χ3n) is 7.48. The molecule has 0 amide bonds. The number of aliphatic hydroxyl groups excluding tert-OH is 1. The fraction of sp³-hybridized carbons (Fsp3) is 0.500. The number of allylic oxidation sites excluding steroid dienone is 2. The summed E-state index contributed by atoms with van der Waals surface area (Å²) in [6.07, 6.45) is 10.6. The molecule has 1 heterocycles. The Labute approximate surface area is 221 Å². The first-order valence-corrected chi connectivity index (χ1v) is 13.2. The van der Waals surface area contributed by atoms with Gasteiger partial charge < -0.3 is 14.9 Å². The number of carbonyl (C=O) groups is 1. The van der Waals surface area contributed by atoms with E-state index in [2.05, 4.69) is 59.5 Å². The van der Waals surface area contributed by atoms with Crippen molar-refractivity contribution in [2.24, 2.45) is 5.92 Å². The highest BCUT2D eigenvalue weighted by Gasteiger charge is 2.45. The molecule has 2 aromatic rings. The lowest BCUT2D eigenvalue weighted by Crippen LogP contribution is -2.47. The number of halogens is 1. The molecule has 2 N–H and O–H groups in total. The van der Waals surface area contributed by atoms with Gasteiger partial charge in [-0.05, 0) is 61.9 Å². The van der Waals surface area contributed by atoms with Gasteiger partial charge in [-0.25, -0.2) is 0 Å². The molecule has 2 aliphatic rings. The first kappa shape index (κ1) is 28.4. The minimum absolute atomic E-state index is 0.